The highest BCUT2D eigenvalue weighted by atomic mass is 32.2. The van der Waals surface area contributed by atoms with Crippen molar-refractivity contribution in [2.24, 2.45) is 5.73 Å². The fourth-order valence-electron chi connectivity index (χ4n) is 2.16. The molecule has 122 valence electrons. The van der Waals surface area contributed by atoms with Crippen LogP contribution in [0.4, 0.5) is 5.69 Å². The minimum Gasteiger partial charge on any atom is -0.408 e. The van der Waals surface area contributed by atoms with Crippen LogP contribution >= 0.6 is 11.8 Å². The molecule has 0 bridgehead atoms. The highest BCUT2D eigenvalue weighted by molar-refractivity contribution is 8.00. The van der Waals surface area contributed by atoms with Crippen molar-refractivity contribution < 1.29 is 14.0 Å². The van der Waals surface area contributed by atoms with Crippen molar-refractivity contribution in [3.05, 3.63) is 58.6 Å². The van der Waals surface area contributed by atoms with Crippen LogP contribution in [-0.2, 0) is 4.79 Å². The number of hydrogen-bond donors (Lipinski definition) is 3. The number of nitrogens with two attached hydrogens (primary N) is 1. The molecule has 0 saturated heterocycles. The number of nitrogens with one attached hydrogen (secondary N) is 2. The van der Waals surface area contributed by atoms with E-state index in [2.05, 4.69) is 10.3 Å². The lowest BCUT2D eigenvalue weighted by Crippen LogP contribution is -2.15. The van der Waals surface area contributed by atoms with Gasteiger partial charge in [-0.2, -0.15) is 0 Å². The summed E-state index contributed by atoms with van der Waals surface area (Å²) in [6, 6.07) is 11.8. The first-order chi connectivity index (χ1) is 11.5. The largest absolute Gasteiger partial charge is 0.417 e. The fourth-order valence-corrected chi connectivity index (χ4v) is 2.95. The average Bonchev–Trinajstić information content (AvgIpc) is 2.92. The Hall–Kier alpha value is -3.00. The highest BCUT2D eigenvalue weighted by Gasteiger charge is 2.13. The molecule has 0 radical (unpaired) electrons. The number of aromatic amines is 1. The molecule has 1 aromatic heterocycles. The molecular weight excluding hydrogens is 330 g/mol. The van der Waals surface area contributed by atoms with Gasteiger partial charge < -0.3 is 15.5 Å². The molecular formula is C16H13N3O4S. The zero-order valence-electron chi connectivity index (χ0n) is 12.4. The number of anilines is 1. The summed E-state index contributed by atoms with van der Waals surface area (Å²) in [7, 11) is 0. The van der Waals surface area contributed by atoms with Crippen LogP contribution in [0, 0.1) is 0 Å². The van der Waals surface area contributed by atoms with Gasteiger partial charge >= 0.3 is 5.76 Å². The average molecular weight is 343 g/mol. The Bertz CT molecular complexity index is 977. The molecule has 4 N–H and O–H groups in total. The number of carbonyl (C=O) groups excluding carboxylic acids is 2. The molecule has 8 heteroatoms. The van der Waals surface area contributed by atoms with Gasteiger partial charge in [0.25, 0.3) is 5.91 Å². The van der Waals surface area contributed by atoms with Gasteiger partial charge in [0, 0.05) is 10.6 Å². The number of aromatic nitrogens is 1. The zero-order chi connectivity index (χ0) is 17.1. The number of oxazole rings is 1. The molecule has 0 spiro atoms. The van der Waals surface area contributed by atoms with Crippen molar-refractivity contribution in [1.29, 1.82) is 0 Å². The summed E-state index contributed by atoms with van der Waals surface area (Å²) in [4.78, 5) is 37.8. The zero-order valence-corrected chi connectivity index (χ0v) is 13.2. The van der Waals surface area contributed by atoms with Gasteiger partial charge in [0.15, 0.2) is 5.58 Å². The van der Waals surface area contributed by atoms with Crippen molar-refractivity contribution in [2.45, 2.75) is 4.90 Å². The second-order valence-corrected chi connectivity index (χ2v) is 5.95. The highest BCUT2D eigenvalue weighted by Crippen LogP contribution is 2.24. The number of primary amides is 1. The van der Waals surface area contributed by atoms with Gasteiger partial charge in [-0.25, -0.2) is 4.79 Å². The number of hydrogen-bond acceptors (Lipinski definition) is 5. The van der Waals surface area contributed by atoms with Crippen molar-refractivity contribution in [1.82, 2.24) is 4.98 Å². The molecule has 0 aliphatic carbocycles. The minimum absolute atomic E-state index is 0.0898. The Morgan fingerprint density at radius 1 is 1.21 bits per heavy atom. The van der Waals surface area contributed by atoms with Crippen LogP contribution in [0.3, 0.4) is 0 Å². The van der Waals surface area contributed by atoms with Gasteiger partial charge in [-0.1, -0.05) is 12.1 Å². The topological polar surface area (TPSA) is 118 Å². The van der Waals surface area contributed by atoms with E-state index in [1.54, 1.807) is 42.5 Å². The van der Waals surface area contributed by atoms with Crippen molar-refractivity contribution in [2.75, 3.05) is 11.1 Å². The van der Waals surface area contributed by atoms with E-state index >= 15 is 0 Å². The Labute approximate surface area is 140 Å². The monoisotopic (exact) mass is 343 g/mol. The van der Waals surface area contributed by atoms with Crippen LogP contribution in [0.1, 0.15) is 10.4 Å². The number of benzene rings is 2. The quantitative estimate of drug-likeness (QED) is 0.612. The van der Waals surface area contributed by atoms with Gasteiger partial charge in [0.1, 0.15) is 0 Å². The van der Waals surface area contributed by atoms with E-state index in [0.717, 1.165) is 0 Å². The van der Waals surface area contributed by atoms with Crippen molar-refractivity contribution >= 4 is 40.4 Å². The molecule has 1 heterocycles. The smallest absolute Gasteiger partial charge is 0.408 e. The summed E-state index contributed by atoms with van der Waals surface area (Å²) in [5.41, 5.74) is 7.00. The maximum Gasteiger partial charge on any atom is 0.417 e. The second kappa shape index (κ2) is 6.63. The Morgan fingerprint density at radius 2 is 2.00 bits per heavy atom. The van der Waals surface area contributed by atoms with E-state index in [9.17, 15) is 14.4 Å². The molecule has 0 unspecified atom stereocenters. The summed E-state index contributed by atoms with van der Waals surface area (Å²) in [6.45, 7) is 0. The van der Waals surface area contributed by atoms with Crippen LogP contribution in [0.15, 0.2) is 56.6 Å². The van der Waals surface area contributed by atoms with Gasteiger partial charge in [-0.15, -0.1) is 11.8 Å². The van der Waals surface area contributed by atoms with E-state index in [0.29, 0.717) is 27.2 Å². The van der Waals surface area contributed by atoms with Gasteiger partial charge in [-0.05, 0) is 30.3 Å². The maximum atomic E-state index is 12.5. The van der Waals surface area contributed by atoms with Crippen molar-refractivity contribution in [3.63, 3.8) is 0 Å². The Balaban J connectivity index is 1.83. The van der Waals surface area contributed by atoms with Crippen LogP contribution in [0.5, 0.6) is 0 Å². The lowest BCUT2D eigenvalue weighted by molar-refractivity contribution is -0.115. The van der Waals surface area contributed by atoms with Gasteiger partial charge in [-0.3, -0.25) is 14.6 Å². The third kappa shape index (κ3) is 3.49. The molecule has 2 aromatic carbocycles. The number of amides is 2. The summed E-state index contributed by atoms with van der Waals surface area (Å²) in [6.07, 6.45) is 0. The molecule has 0 atom stereocenters. The van der Waals surface area contributed by atoms with E-state index in [1.165, 1.54) is 11.8 Å². The number of thioether (sulfide) groups is 1. The number of carbonyl (C=O) groups is 2. The first-order valence-corrected chi connectivity index (χ1v) is 7.96. The molecule has 7 nitrogen and oxygen atoms in total. The summed E-state index contributed by atoms with van der Waals surface area (Å²) in [5, 5.41) is 2.76. The van der Waals surface area contributed by atoms with Gasteiger partial charge in [0.2, 0.25) is 5.91 Å². The first kappa shape index (κ1) is 15.9. The molecule has 24 heavy (non-hydrogen) atoms. The third-order valence-electron chi connectivity index (χ3n) is 3.18. The molecule has 3 aromatic rings. The number of H-pyrrole nitrogens is 1. The molecule has 0 aliphatic rings. The molecule has 2 amide bonds. The standard InChI is InChI=1S/C16H13N3O4S/c17-14(20)8-24-13-4-2-1-3-10(13)15(21)18-9-5-6-12-11(7-9)19-16(22)23-12/h1-7H,8H2,(H2,17,20)(H,18,21)(H,19,22). The summed E-state index contributed by atoms with van der Waals surface area (Å²) < 4.78 is 4.92. The number of rotatable bonds is 5. The van der Waals surface area contributed by atoms with Crippen LogP contribution in [0.2, 0.25) is 0 Å². The number of fused-ring (bicyclic) bond motifs is 1. The second-order valence-electron chi connectivity index (χ2n) is 4.93. The van der Waals surface area contributed by atoms with E-state index in [1.807, 2.05) is 0 Å². The summed E-state index contributed by atoms with van der Waals surface area (Å²) in [5.74, 6) is -1.24. The van der Waals surface area contributed by atoms with Gasteiger partial charge in [0.05, 0.1) is 16.8 Å². The van der Waals surface area contributed by atoms with Crippen LogP contribution < -0.4 is 16.8 Å². The predicted molar refractivity (Wildman–Crippen MR) is 91.1 cm³/mol. The Morgan fingerprint density at radius 3 is 2.79 bits per heavy atom. The normalized spacial score (nSPS) is 10.7. The van der Waals surface area contributed by atoms with E-state index in [-0.39, 0.29) is 11.7 Å². The SMILES string of the molecule is NC(=O)CSc1ccccc1C(=O)Nc1ccc2oc(=O)[nH]c2c1. The molecule has 3 rings (SSSR count). The van der Waals surface area contributed by atoms with Crippen molar-refractivity contribution in [3.8, 4) is 0 Å². The third-order valence-corrected chi connectivity index (χ3v) is 4.27. The molecule has 0 aliphatic heterocycles. The summed E-state index contributed by atoms with van der Waals surface area (Å²) >= 11 is 1.20. The fraction of sp³-hybridized carbons (Fsp3) is 0.0625. The lowest BCUT2D eigenvalue weighted by Gasteiger charge is -2.09. The van der Waals surface area contributed by atoms with Crippen LogP contribution in [0.25, 0.3) is 11.1 Å². The first-order valence-electron chi connectivity index (χ1n) is 6.97. The van der Waals surface area contributed by atoms with E-state index < -0.39 is 11.7 Å². The minimum atomic E-state index is -0.554. The maximum absolute atomic E-state index is 12.5. The predicted octanol–water partition coefficient (Wildman–Crippen LogP) is 1.95. The Kier molecular flexibility index (Phi) is 4.39. The molecule has 0 saturated carbocycles. The van der Waals surface area contributed by atoms with Crippen LogP contribution in [-0.4, -0.2) is 22.6 Å². The lowest BCUT2D eigenvalue weighted by atomic mass is 10.2. The van der Waals surface area contributed by atoms with E-state index in [4.69, 9.17) is 10.2 Å². The molecule has 0 fully saturated rings.